The molecule has 0 unspecified atom stereocenters. The average molecular weight is 236 g/mol. The molecular weight excluding hydrogens is 224 g/mol. The molecule has 6 nitrogen and oxygen atoms in total. The quantitative estimate of drug-likeness (QED) is 0.601. The molecule has 0 atom stereocenters. The molecular formula is C11H12N2O4. The molecule has 0 fully saturated rings. The summed E-state index contributed by atoms with van der Waals surface area (Å²) < 4.78 is 0. The Kier molecular flexibility index (Phi) is 8.02. The fourth-order valence-corrected chi connectivity index (χ4v) is 0.952. The van der Waals surface area contributed by atoms with Gasteiger partial charge in [0.1, 0.15) is 0 Å². The summed E-state index contributed by atoms with van der Waals surface area (Å²) in [6.07, 6.45) is 2.86. The van der Waals surface area contributed by atoms with E-state index in [9.17, 15) is 9.59 Å². The molecule has 1 aromatic rings. The molecule has 0 aliphatic heterocycles. The van der Waals surface area contributed by atoms with Gasteiger partial charge >= 0.3 is 0 Å². The summed E-state index contributed by atoms with van der Waals surface area (Å²) in [4.78, 5) is 26.9. The standard InChI is InChI=1S/C9H6N2O2.C2H6O2/c1-7-8(10-5-12)3-2-4-9(7)11-6-13;3-1-2-4/h2-4H,1H3;3-4H,1-2H2. The molecule has 0 bridgehead atoms. The molecule has 0 heterocycles. The number of carbonyl (C=O) groups excluding carboxylic acids is 2. The maximum atomic E-state index is 10.00. The van der Waals surface area contributed by atoms with Crippen molar-refractivity contribution in [3.05, 3.63) is 23.8 Å². The number of nitrogens with zero attached hydrogens (tertiary/aromatic N) is 2. The number of aliphatic hydroxyl groups excluding tert-OH is 2. The molecule has 0 aromatic heterocycles. The van der Waals surface area contributed by atoms with Gasteiger partial charge in [-0.3, -0.25) is 0 Å². The summed E-state index contributed by atoms with van der Waals surface area (Å²) in [6.45, 7) is 1.46. The van der Waals surface area contributed by atoms with Crippen LogP contribution in [0, 0.1) is 6.92 Å². The van der Waals surface area contributed by atoms with Gasteiger partial charge in [-0.15, -0.1) is 0 Å². The molecule has 90 valence electrons. The van der Waals surface area contributed by atoms with Crippen LogP contribution in [0.25, 0.3) is 0 Å². The number of hydrogen-bond donors (Lipinski definition) is 2. The summed E-state index contributed by atoms with van der Waals surface area (Å²) in [6, 6.07) is 4.94. The van der Waals surface area contributed by atoms with Crippen molar-refractivity contribution in [2.75, 3.05) is 13.2 Å². The summed E-state index contributed by atoms with van der Waals surface area (Å²) in [5.74, 6) is 0. The lowest BCUT2D eigenvalue weighted by Gasteiger charge is -1.99. The molecule has 1 aromatic carbocycles. The van der Waals surface area contributed by atoms with E-state index in [0.29, 0.717) is 16.9 Å². The first kappa shape index (κ1) is 14.9. The van der Waals surface area contributed by atoms with Crippen molar-refractivity contribution in [3.63, 3.8) is 0 Å². The second-order valence-corrected chi connectivity index (χ2v) is 2.77. The first-order valence-corrected chi connectivity index (χ1v) is 4.68. The van der Waals surface area contributed by atoms with Crippen LogP contribution in [0.15, 0.2) is 28.2 Å². The maximum Gasteiger partial charge on any atom is 0.240 e. The van der Waals surface area contributed by atoms with Gasteiger partial charge in [-0.1, -0.05) is 6.07 Å². The Morgan fingerprint density at radius 3 is 1.76 bits per heavy atom. The summed E-state index contributed by atoms with van der Waals surface area (Å²) >= 11 is 0. The molecule has 0 spiro atoms. The molecule has 0 amide bonds. The highest BCUT2D eigenvalue weighted by Crippen LogP contribution is 2.26. The normalized spacial score (nSPS) is 8.18. The molecule has 0 radical (unpaired) electrons. The lowest BCUT2D eigenvalue weighted by atomic mass is 10.1. The first-order valence-electron chi connectivity index (χ1n) is 4.68. The van der Waals surface area contributed by atoms with Crippen LogP contribution in [0.2, 0.25) is 0 Å². The van der Waals surface area contributed by atoms with Gasteiger partial charge in [-0.2, -0.15) is 9.98 Å². The van der Waals surface area contributed by atoms with Crippen molar-refractivity contribution < 1.29 is 19.8 Å². The summed E-state index contributed by atoms with van der Waals surface area (Å²) in [5, 5.41) is 15.2. The van der Waals surface area contributed by atoms with E-state index < -0.39 is 0 Å². The Hall–Kier alpha value is -2.10. The second-order valence-electron chi connectivity index (χ2n) is 2.77. The van der Waals surface area contributed by atoms with Gasteiger partial charge in [-0.05, 0) is 19.1 Å². The third-order valence-corrected chi connectivity index (χ3v) is 1.71. The molecule has 0 aliphatic rings. The first-order chi connectivity index (χ1) is 8.21. The predicted molar refractivity (Wildman–Crippen MR) is 60.9 cm³/mol. The van der Waals surface area contributed by atoms with Gasteiger partial charge in [0.25, 0.3) is 0 Å². The highest BCUT2D eigenvalue weighted by molar-refractivity contribution is 5.64. The van der Waals surface area contributed by atoms with E-state index in [1.54, 1.807) is 25.1 Å². The zero-order chi connectivity index (χ0) is 13.1. The molecule has 6 heteroatoms. The molecule has 0 aliphatic carbocycles. The van der Waals surface area contributed by atoms with Gasteiger partial charge in [0.15, 0.2) is 0 Å². The van der Waals surface area contributed by atoms with Crippen LogP contribution in [0.4, 0.5) is 11.4 Å². The van der Waals surface area contributed by atoms with Gasteiger partial charge < -0.3 is 10.2 Å². The third-order valence-electron chi connectivity index (χ3n) is 1.71. The average Bonchev–Trinajstić information content (AvgIpc) is 2.35. The smallest absolute Gasteiger partial charge is 0.240 e. The Balaban J connectivity index is 0.000000557. The van der Waals surface area contributed by atoms with Crippen LogP contribution < -0.4 is 0 Å². The number of isocyanates is 2. The summed E-state index contributed by atoms with van der Waals surface area (Å²) in [5.41, 5.74) is 1.59. The van der Waals surface area contributed by atoms with Crippen LogP contribution >= 0.6 is 0 Å². The number of benzene rings is 1. The zero-order valence-corrected chi connectivity index (χ0v) is 9.25. The second kappa shape index (κ2) is 9.15. The minimum absolute atomic E-state index is 0.125. The van der Waals surface area contributed by atoms with Gasteiger partial charge in [0.05, 0.1) is 24.6 Å². The van der Waals surface area contributed by atoms with Crippen LogP contribution in [0.3, 0.4) is 0 Å². The Morgan fingerprint density at radius 1 is 1.06 bits per heavy atom. The molecule has 1 rings (SSSR count). The highest BCUT2D eigenvalue weighted by atomic mass is 16.3. The van der Waals surface area contributed by atoms with E-state index in [2.05, 4.69) is 9.98 Å². The number of aliphatic hydroxyl groups is 2. The number of aliphatic imine (C=N–C) groups is 2. The largest absolute Gasteiger partial charge is 0.394 e. The minimum atomic E-state index is -0.125. The van der Waals surface area contributed by atoms with Crippen molar-refractivity contribution in [2.24, 2.45) is 9.98 Å². The van der Waals surface area contributed by atoms with E-state index in [1.165, 1.54) is 12.2 Å². The SMILES string of the molecule is Cc1c(N=C=O)cccc1N=C=O.OCCO. The Labute approximate surface area is 98.0 Å². The van der Waals surface area contributed by atoms with Crippen molar-refractivity contribution >= 4 is 23.5 Å². The predicted octanol–water partition coefficient (Wildman–Crippen LogP) is 0.901. The van der Waals surface area contributed by atoms with Gasteiger partial charge in [0.2, 0.25) is 12.2 Å². The minimum Gasteiger partial charge on any atom is -0.394 e. The third kappa shape index (κ3) is 5.51. The lowest BCUT2D eigenvalue weighted by Crippen LogP contribution is -1.85. The molecule has 2 N–H and O–H groups in total. The molecule has 17 heavy (non-hydrogen) atoms. The van der Waals surface area contributed by atoms with Crippen LogP contribution in [-0.4, -0.2) is 35.6 Å². The zero-order valence-electron chi connectivity index (χ0n) is 9.25. The van der Waals surface area contributed by atoms with Crippen molar-refractivity contribution in [1.29, 1.82) is 0 Å². The maximum absolute atomic E-state index is 10.00. The molecule has 0 saturated heterocycles. The van der Waals surface area contributed by atoms with Gasteiger partial charge in [0, 0.05) is 5.56 Å². The van der Waals surface area contributed by atoms with Crippen LogP contribution in [0.1, 0.15) is 5.56 Å². The number of rotatable bonds is 3. The van der Waals surface area contributed by atoms with E-state index in [1.807, 2.05) is 0 Å². The fraction of sp³-hybridized carbons (Fsp3) is 0.273. The molecule has 0 saturated carbocycles. The van der Waals surface area contributed by atoms with E-state index in [4.69, 9.17) is 10.2 Å². The highest BCUT2D eigenvalue weighted by Gasteiger charge is 2.00. The van der Waals surface area contributed by atoms with Crippen molar-refractivity contribution in [2.45, 2.75) is 6.92 Å². The Bertz CT molecular complexity index is 409. The topological polar surface area (TPSA) is 99.3 Å². The van der Waals surface area contributed by atoms with E-state index >= 15 is 0 Å². The van der Waals surface area contributed by atoms with E-state index in [-0.39, 0.29) is 13.2 Å². The summed E-state index contributed by atoms with van der Waals surface area (Å²) in [7, 11) is 0. The monoisotopic (exact) mass is 236 g/mol. The Morgan fingerprint density at radius 2 is 1.47 bits per heavy atom. The van der Waals surface area contributed by atoms with Crippen LogP contribution in [0.5, 0.6) is 0 Å². The van der Waals surface area contributed by atoms with Crippen molar-refractivity contribution in [3.8, 4) is 0 Å². The van der Waals surface area contributed by atoms with Crippen LogP contribution in [-0.2, 0) is 9.59 Å². The van der Waals surface area contributed by atoms with Gasteiger partial charge in [-0.25, -0.2) is 9.59 Å². The number of hydrogen-bond acceptors (Lipinski definition) is 6. The fourth-order valence-electron chi connectivity index (χ4n) is 0.952. The lowest BCUT2D eigenvalue weighted by molar-refractivity contribution is 0.186. The van der Waals surface area contributed by atoms with Crippen molar-refractivity contribution in [1.82, 2.24) is 0 Å². The van der Waals surface area contributed by atoms with E-state index in [0.717, 1.165) is 0 Å².